The predicted molar refractivity (Wildman–Crippen MR) is 123 cm³/mol. The molecule has 6 heteroatoms. The number of hydrogen-bond donors (Lipinski definition) is 1. The van der Waals surface area contributed by atoms with Gasteiger partial charge in [-0.15, -0.1) is 0 Å². The summed E-state index contributed by atoms with van der Waals surface area (Å²) in [5.41, 5.74) is 1.82. The lowest BCUT2D eigenvalue weighted by Gasteiger charge is -2.31. The minimum absolute atomic E-state index is 0.0927. The highest BCUT2D eigenvalue weighted by atomic mass is 35.5. The third-order valence-corrected chi connectivity index (χ3v) is 6.15. The predicted octanol–water partition coefficient (Wildman–Crippen LogP) is 4.76. The highest BCUT2D eigenvalue weighted by Crippen LogP contribution is 2.20. The monoisotopic (exact) mass is 442 g/mol. The van der Waals surface area contributed by atoms with Gasteiger partial charge in [0.15, 0.2) is 0 Å². The Morgan fingerprint density at radius 3 is 2.26 bits per heavy atom. The molecule has 0 radical (unpaired) electrons. The number of nitrogens with one attached hydrogen (secondary N) is 1. The van der Waals surface area contributed by atoms with Gasteiger partial charge in [0.2, 0.25) is 11.8 Å². The largest absolute Gasteiger partial charge is 0.497 e. The highest BCUT2D eigenvalue weighted by Gasteiger charge is 2.28. The summed E-state index contributed by atoms with van der Waals surface area (Å²) in [4.78, 5) is 27.9. The molecule has 2 aromatic rings. The number of ether oxygens (including phenoxy) is 1. The van der Waals surface area contributed by atoms with Crippen molar-refractivity contribution in [3.05, 3.63) is 64.7 Å². The number of methoxy groups -OCH3 is 1. The zero-order valence-electron chi connectivity index (χ0n) is 18.3. The van der Waals surface area contributed by atoms with E-state index in [2.05, 4.69) is 5.32 Å². The van der Waals surface area contributed by atoms with E-state index in [1.165, 1.54) is 6.42 Å². The number of halogens is 1. The summed E-state index contributed by atoms with van der Waals surface area (Å²) in [6, 6.07) is 14.5. The number of rotatable bonds is 8. The van der Waals surface area contributed by atoms with Gasteiger partial charge in [0.1, 0.15) is 11.8 Å². The van der Waals surface area contributed by atoms with Gasteiger partial charge in [0.25, 0.3) is 0 Å². The molecule has 0 saturated heterocycles. The van der Waals surface area contributed by atoms with Gasteiger partial charge in [-0.3, -0.25) is 9.59 Å². The molecule has 1 atom stereocenters. The molecule has 5 nitrogen and oxygen atoms in total. The molecule has 1 aliphatic rings. The number of hydrogen-bond acceptors (Lipinski definition) is 3. The minimum atomic E-state index is -0.566. The second kappa shape index (κ2) is 11.2. The van der Waals surface area contributed by atoms with Gasteiger partial charge in [0.05, 0.1) is 13.5 Å². The van der Waals surface area contributed by atoms with Crippen LogP contribution in [0, 0.1) is 0 Å². The van der Waals surface area contributed by atoms with Crippen molar-refractivity contribution in [1.82, 2.24) is 10.2 Å². The fraction of sp³-hybridized carbons (Fsp3) is 0.440. The third kappa shape index (κ3) is 6.73. The van der Waals surface area contributed by atoms with E-state index >= 15 is 0 Å². The van der Waals surface area contributed by atoms with Crippen LogP contribution in [0.25, 0.3) is 0 Å². The average molecular weight is 443 g/mol. The Morgan fingerprint density at radius 1 is 1.03 bits per heavy atom. The molecule has 166 valence electrons. The van der Waals surface area contributed by atoms with Crippen molar-refractivity contribution in [3.63, 3.8) is 0 Å². The molecular formula is C25H31ClN2O3. The SMILES string of the molecule is COc1ccc(CN(C(=O)Cc2ccc(Cl)cc2)[C@H](C)C(=O)NC2CCCCC2)cc1. The maximum Gasteiger partial charge on any atom is 0.242 e. The summed E-state index contributed by atoms with van der Waals surface area (Å²) in [6.07, 6.45) is 5.75. The molecule has 1 aliphatic carbocycles. The summed E-state index contributed by atoms with van der Waals surface area (Å²) >= 11 is 5.97. The van der Waals surface area contributed by atoms with Crippen molar-refractivity contribution in [2.75, 3.05) is 7.11 Å². The van der Waals surface area contributed by atoms with Crippen molar-refractivity contribution in [1.29, 1.82) is 0 Å². The lowest BCUT2D eigenvalue weighted by molar-refractivity contribution is -0.140. The Labute approximate surface area is 189 Å². The minimum Gasteiger partial charge on any atom is -0.497 e. The van der Waals surface area contributed by atoms with E-state index in [1.54, 1.807) is 31.1 Å². The molecule has 1 N–H and O–H groups in total. The molecule has 2 aromatic carbocycles. The van der Waals surface area contributed by atoms with Crippen molar-refractivity contribution >= 4 is 23.4 Å². The molecule has 0 aliphatic heterocycles. The molecule has 31 heavy (non-hydrogen) atoms. The first kappa shape index (κ1) is 23.1. The Morgan fingerprint density at radius 2 is 1.65 bits per heavy atom. The van der Waals surface area contributed by atoms with Crippen LogP contribution in [0.2, 0.25) is 5.02 Å². The van der Waals surface area contributed by atoms with Crippen LogP contribution in [0.3, 0.4) is 0 Å². The number of amides is 2. The second-order valence-corrected chi connectivity index (χ2v) is 8.63. The molecule has 1 saturated carbocycles. The van der Waals surface area contributed by atoms with Gasteiger partial charge in [-0.05, 0) is 55.2 Å². The van der Waals surface area contributed by atoms with Gasteiger partial charge in [-0.1, -0.05) is 55.1 Å². The van der Waals surface area contributed by atoms with Crippen LogP contribution < -0.4 is 10.1 Å². The van der Waals surface area contributed by atoms with Gasteiger partial charge in [-0.25, -0.2) is 0 Å². The smallest absolute Gasteiger partial charge is 0.242 e. The zero-order valence-corrected chi connectivity index (χ0v) is 19.0. The van der Waals surface area contributed by atoms with E-state index in [4.69, 9.17) is 16.3 Å². The number of carbonyl (C=O) groups is 2. The Hall–Kier alpha value is -2.53. The molecule has 0 aromatic heterocycles. The summed E-state index contributed by atoms with van der Waals surface area (Å²) in [7, 11) is 1.62. The van der Waals surface area contributed by atoms with Crippen LogP contribution in [0.1, 0.15) is 50.2 Å². The van der Waals surface area contributed by atoms with E-state index in [0.717, 1.165) is 42.6 Å². The van der Waals surface area contributed by atoms with Crippen molar-refractivity contribution < 1.29 is 14.3 Å². The average Bonchev–Trinajstić information content (AvgIpc) is 2.79. The van der Waals surface area contributed by atoms with E-state index < -0.39 is 6.04 Å². The maximum absolute atomic E-state index is 13.3. The Kier molecular flexibility index (Phi) is 8.35. The van der Waals surface area contributed by atoms with E-state index in [0.29, 0.717) is 11.6 Å². The van der Waals surface area contributed by atoms with Crippen LogP contribution in [0.4, 0.5) is 0 Å². The topological polar surface area (TPSA) is 58.6 Å². The summed E-state index contributed by atoms with van der Waals surface area (Å²) in [5, 5.41) is 3.79. The molecule has 3 rings (SSSR count). The highest BCUT2D eigenvalue weighted by molar-refractivity contribution is 6.30. The van der Waals surface area contributed by atoms with Crippen molar-refractivity contribution in [2.45, 2.75) is 64.1 Å². The maximum atomic E-state index is 13.3. The molecule has 0 heterocycles. The van der Waals surface area contributed by atoms with Crippen LogP contribution >= 0.6 is 11.6 Å². The molecular weight excluding hydrogens is 412 g/mol. The number of nitrogens with zero attached hydrogens (tertiary/aromatic N) is 1. The molecule has 2 amide bonds. The first-order valence-corrected chi connectivity index (χ1v) is 11.3. The van der Waals surface area contributed by atoms with E-state index in [1.807, 2.05) is 36.4 Å². The molecule has 1 fully saturated rings. The second-order valence-electron chi connectivity index (χ2n) is 8.19. The zero-order chi connectivity index (χ0) is 22.2. The van der Waals surface area contributed by atoms with Crippen LogP contribution in [-0.4, -0.2) is 35.9 Å². The standard InChI is InChI=1S/C25H31ClN2O3/c1-18(25(30)27-22-6-4-3-5-7-22)28(17-20-10-14-23(31-2)15-11-20)24(29)16-19-8-12-21(26)13-9-19/h8-15,18,22H,3-7,16-17H2,1-2H3,(H,27,30)/t18-/m1/s1. The summed E-state index contributed by atoms with van der Waals surface area (Å²) in [6.45, 7) is 2.16. The normalized spacial score (nSPS) is 15.2. The summed E-state index contributed by atoms with van der Waals surface area (Å²) in [5.74, 6) is 0.570. The third-order valence-electron chi connectivity index (χ3n) is 5.90. The fourth-order valence-electron chi connectivity index (χ4n) is 3.96. The Bertz CT molecular complexity index is 861. The fourth-order valence-corrected chi connectivity index (χ4v) is 4.08. The van der Waals surface area contributed by atoms with E-state index in [9.17, 15) is 9.59 Å². The van der Waals surface area contributed by atoms with Gasteiger partial charge >= 0.3 is 0 Å². The lowest BCUT2D eigenvalue weighted by atomic mass is 9.95. The van der Waals surface area contributed by atoms with Crippen LogP contribution in [0.5, 0.6) is 5.75 Å². The van der Waals surface area contributed by atoms with Crippen LogP contribution in [-0.2, 0) is 22.6 Å². The van der Waals surface area contributed by atoms with Crippen molar-refractivity contribution in [2.24, 2.45) is 0 Å². The molecule has 0 unspecified atom stereocenters. The quantitative estimate of drug-likeness (QED) is 0.641. The number of carbonyl (C=O) groups excluding carboxylic acids is 2. The van der Waals surface area contributed by atoms with Gasteiger partial charge in [0, 0.05) is 17.6 Å². The first-order chi connectivity index (χ1) is 15.0. The first-order valence-electron chi connectivity index (χ1n) is 10.9. The lowest BCUT2D eigenvalue weighted by Crippen LogP contribution is -2.50. The molecule has 0 bridgehead atoms. The van der Waals surface area contributed by atoms with Crippen LogP contribution in [0.15, 0.2) is 48.5 Å². The Balaban J connectivity index is 1.74. The van der Waals surface area contributed by atoms with Gasteiger partial charge < -0.3 is 15.0 Å². The summed E-state index contributed by atoms with van der Waals surface area (Å²) < 4.78 is 5.23. The molecule has 0 spiro atoms. The van der Waals surface area contributed by atoms with E-state index in [-0.39, 0.29) is 24.3 Å². The van der Waals surface area contributed by atoms with Crippen molar-refractivity contribution in [3.8, 4) is 5.75 Å². The number of benzene rings is 2. The van der Waals surface area contributed by atoms with Gasteiger partial charge in [-0.2, -0.15) is 0 Å².